The maximum absolute atomic E-state index is 9.79. The molecule has 0 spiro atoms. The number of rotatable bonds is 12. The van der Waals surface area contributed by atoms with Gasteiger partial charge in [0, 0.05) is 0 Å². The van der Waals surface area contributed by atoms with Gasteiger partial charge in [0.25, 0.3) is 0 Å². The Morgan fingerprint density at radius 2 is 1.76 bits per heavy atom. The van der Waals surface area contributed by atoms with Gasteiger partial charge in [0.2, 0.25) is 0 Å². The van der Waals surface area contributed by atoms with E-state index in [-0.39, 0.29) is 13.2 Å². The standard InChI is InChI=1S/C15H25NO5/c1-2-20-14-3-5-15(6-4-14)21-12-13(18)11-16-7-9-19-10-8-17/h3-6,13,16-18H,2,7-12H2,1H3/p+1/t13-/m0/s1. The lowest BCUT2D eigenvalue weighted by Crippen LogP contribution is -2.87. The fourth-order valence-electron chi connectivity index (χ4n) is 1.70. The van der Waals surface area contributed by atoms with E-state index >= 15 is 0 Å². The second-order valence-corrected chi connectivity index (χ2v) is 4.52. The number of benzene rings is 1. The van der Waals surface area contributed by atoms with Crippen molar-refractivity contribution in [1.29, 1.82) is 0 Å². The molecule has 0 aliphatic heterocycles. The van der Waals surface area contributed by atoms with Crippen LogP contribution in [-0.2, 0) is 4.74 Å². The van der Waals surface area contributed by atoms with Gasteiger partial charge in [-0.25, -0.2) is 0 Å². The molecule has 120 valence electrons. The first kappa shape index (κ1) is 17.7. The van der Waals surface area contributed by atoms with Crippen LogP contribution in [0.25, 0.3) is 0 Å². The highest BCUT2D eigenvalue weighted by atomic mass is 16.5. The lowest BCUT2D eigenvalue weighted by molar-refractivity contribution is -0.662. The van der Waals surface area contributed by atoms with Gasteiger partial charge in [-0.05, 0) is 31.2 Å². The minimum absolute atomic E-state index is 0.0402. The zero-order valence-corrected chi connectivity index (χ0v) is 12.5. The van der Waals surface area contributed by atoms with Crippen molar-refractivity contribution in [3.63, 3.8) is 0 Å². The topological polar surface area (TPSA) is 84.8 Å². The Hall–Kier alpha value is -1.34. The summed E-state index contributed by atoms with van der Waals surface area (Å²) in [5.41, 5.74) is 0. The van der Waals surface area contributed by atoms with Crippen molar-refractivity contribution in [1.82, 2.24) is 0 Å². The third-order valence-electron chi connectivity index (χ3n) is 2.72. The fourth-order valence-corrected chi connectivity index (χ4v) is 1.70. The molecule has 0 aliphatic carbocycles. The van der Waals surface area contributed by atoms with Gasteiger partial charge in [-0.2, -0.15) is 0 Å². The molecule has 0 saturated heterocycles. The quantitative estimate of drug-likeness (QED) is 0.449. The van der Waals surface area contributed by atoms with Crippen LogP contribution in [0.15, 0.2) is 24.3 Å². The smallest absolute Gasteiger partial charge is 0.137 e. The molecule has 1 aromatic rings. The third-order valence-corrected chi connectivity index (χ3v) is 2.72. The highest BCUT2D eigenvalue weighted by Gasteiger charge is 2.07. The maximum Gasteiger partial charge on any atom is 0.137 e. The van der Waals surface area contributed by atoms with Crippen molar-refractivity contribution in [3.8, 4) is 11.5 Å². The summed E-state index contributed by atoms with van der Waals surface area (Å²) in [4.78, 5) is 0. The molecule has 0 amide bonds. The monoisotopic (exact) mass is 300 g/mol. The van der Waals surface area contributed by atoms with Crippen LogP contribution in [0.5, 0.6) is 11.5 Å². The molecule has 0 unspecified atom stereocenters. The molecular weight excluding hydrogens is 274 g/mol. The molecule has 0 fully saturated rings. The van der Waals surface area contributed by atoms with Crippen LogP contribution in [0.2, 0.25) is 0 Å². The lowest BCUT2D eigenvalue weighted by Gasteiger charge is -2.12. The van der Waals surface area contributed by atoms with E-state index in [9.17, 15) is 5.11 Å². The Labute approximate surface area is 125 Å². The van der Waals surface area contributed by atoms with Crippen molar-refractivity contribution in [3.05, 3.63) is 24.3 Å². The van der Waals surface area contributed by atoms with Gasteiger partial charge in [0.15, 0.2) is 0 Å². The molecule has 0 aliphatic rings. The molecule has 6 heteroatoms. The first-order chi connectivity index (χ1) is 10.3. The Bertz CT molecular complexity index is 358. The fraction of sp³-hybridized carbons (Fsp3) is 0.600. The van der Waals surface area contributed by atoms with E-state index in [0.717, 1.165) is 12.3 Å². The maximum atomic E-state index is 9.79. The zero-order chi connectivity index (χ0) is 15.3. The average Bonchev–Trinajstić information content (AvgIpc) is 2.50. The molecule has 0 aromatic heterocycles. The summed E-state index contributed by atoms with van der Waals surface area (Å²) in [5, 5.41) is 20.3. The molecule has 21 heavy (non-hydrogen) atoms. The Morgan fingerprint density at radius 1 is 1.10 bits per heavy atom. The second kappa shape index (κ2) is 11.3. The summed E-state index contributed by atoms with van der Waals surface area (Å²) in [6.45, 7) is 5.09. The number of quaternary nitrogens is 1. The summed E-state index contributed by atoms with van der Waals surface area (Å²) >= 11 is 0. The van der Waals surface area contributed by atoms with E-state index in [1.807, 2.05) is 36.5 Å². The van der Waals surface area contributed by atoms with Crippen LogP contribution in [0, 0.1) is 0 Å². The Kier molecular flexibility index (Phi) is 9.56. The zero-order valence-electron chi connectivity index (χ0n) is 12.5. The highest BCUT2D eigenvalue weighted by molar-refractivity contribution is 5.31. The second-order valence-electron chi connectivity index (χ2n) is 4.52. The molecule has 0 saturated carbocycles. The van der Waals surface area contributed by atoms with Crippen LogP contribution in [0.1, 0.15) is 6.92 Å². The van der Waals surface area contributed by atoms with Gasteiger partial charge in [-0.1, -0.05) is 0 Å². The van der Waals surface area contributed by atoms with Crippen molar-refractivity contribution >= 4 is 0 Å². The van der Waals surface area contributed by atoms with E-state index in [0.29, 0.717) is 32.1 Å². The predicted octanol–water partition coefficient (Wildman–Crippen LogP) is -0.603. The van der Waals surface area contributed by atoms with Crippen molar-refractivity contribution in [2.45, 2.75) is 13.0 Å². The number of hydrogen-bond acceptors (Lipinski definition) is 5. The minimum atomic E-state index is -0.533. The summed E-state index contributed by atoms with van der Waals surface area (Å²) in [7, 11) is 0. The predicted molar refractivity (Wildman–Crippen MR) is 78.7 cm³/mol. The van der Waals surface area contributed by atoms with Crippen molar-refractivity contribution < 1.29 is 29.7 Å². The molecule has 6 nitrogen and oxygen atoms in total. The molecule has 0 radical (unpaired) electrons. The van der Waals surface area contributed by atoms with E-state index in [4.69, 9.17) is 19.3 Å². The molecule has 4 N–H and O–H groups in total. The van der Waals surface area contributed by atoms with Crippen molar-refractivity contribution in [2.24, 2.45) is 0 Å². The summed E-state index contributed by atoms with van der Waals surface area (Å²) in [6.07, 6.45) is -0.533. The molecule has 1 aromatic carbocycles. The largest absolute Gasteiger partial charge is 0.494 e. The Balaban J connectivity index is 2.10. The van der Waals surface area contributed by atoms with Gasteiger partial charge >= 0.3 is 0 Å². The summed E-state index contributed by atoms with van der Waals surface area (Å²) < 4.78 is 16.0. The molecular formula is C15H26NO5+. The van der Waals surface area contributed by atoms with Gasteiger partial charge in [-0.3, -0.25) is 0 Å². The SMILES string of the molecule is CCOc1ccc(OC[C@@H](O)C[NH2+]CCOCCO)cc1. The highest BCUT2D eigenvalue weighted by Crippen LogP contribution is 2.17. The number of hydrogen-bond donors (Lipinski definition) is 3. The number of aliphatic hydroxyl groups excluding tert-OH is 2. The van der Waals surface area contributed by atoms with Crippen LogP contribution in [0.4, 0.5) is 0 Å². The number of nitrogens with two attached hydrogens (primary N) is 1. The summed E-state index contributed by atoms with van der Waals surface area (Å²) in [6, 6.07) is 7.33. The number of ether oxygens (including phenoxy) is 3. The third kappa shape index (κ3) is 8.52. The first-order valence-corrected chi connectivity index (χ1v) is 7.30. The van der Waals surface area contributed by atoms with Crippen molar-refractivity contribution in [2.75, 3.05) is 46.1 Å². The van der Waals surface area contributed by atoms with Crippen LogP contribution in [-0.4, -0.2) is 62.4 Å². The number of aliphatic hydroxyl groups is 2. The van der Waals surface area contributed by atoms with Crippen LogP contribution < -0.4 is 14.8 Å². The molecule has 1 rings (SSSR count). The van der Waals surface area contributed by atoms with E-state index in [1.54, 1.807) is 0 Å². The van der Waals surface area contributed by atoms with Crippen LogP contribution in [0.3, 0.4) is 0 Å². The van der Waals surface area contributed by atoms with Gasteiger partial charge in [0.1, 0.15) is 30.8 Å². The van der Waals surface area contributed by atoms with Gasteiger partial charge in [-0.15, -0.1) is 0 Å². The van der Waals surface area contributed by atoms with E-state index in [2.05, 4.69) is 0 Å². The molecule has 1 atom stereocenters. The van der Waals surface area contributed by atoms with Crippen LogP contribution >= 0.6 is 0 Å². The summed E-state index contributed by atoms with van der Waals surface area (Å²) in [5.74, 6) is 1.52. The lowest BCUT2D eigenvalue weighted by atomic mass is 10.3. The Morgan fingerprint density at radius 3 is 2.38 bits per heavy atom. The van der Waals surface area contributed by atoms with E-state index < -0.39 is 6.10 Å². The minimum Gasteiger partial charge on any atom is -0.494 e. The van der Waals surface area contributed by atoms with Gasteiger partial charge in [0.05, 0.1) is 33.0 Å². The van der Waals surface area contributed by atoms with E-state index in [1.165, 1.54) is 0 Å². The molecule has 0 heterocycles. The first-order valence-electron chi connectivity index (χ1n) is 7.30. The normalized spacial score (nSPS) is 12.1. The molecule has 0 bridgehead atoms. The van der Waals surface area contributed by atoms with Gasteiger partial charge < -0.3 is 29.7 Å². The average molecular weight is 300 g/mol.